The predicted octanol–water partition coefficient (Wildman–Crippen LogP) is 8.96. The summed E-state index contributed by atoms with van der Waals surface area (Å²) in [5.41, 5.74) is 14.5. The van der Waals surface area contributed by atoms with Gasteiger partial charge in [-0.05, 0) is 105 Å². The van der Waals surface area contributed by atoms with Gasteiger partial charge in [0.15, 0.2) is 26.7 Å². The highest BCUT2D eigenvalue weighted by molar-refractivity contribution is 7.87. The van der Waals surface area contributed by atoms with Crippen molar-refractivity contribution in [1.29, 1.82) is 0 Å². The quantitative estimate of drug-likeness (QED) is 0.118. The highest BCUT2D eigenvalue weighted by Gasteiger charge is 2.53. The van der Waals surface area contributed by atoms with Gasteiger partial charge >= 0.3 is 0 Å². The second-order valence-electron chi connectivity index (χ2n) is 18.3. The molecule has 0 saturated heterocycles. The van der Waals surface area contributed by atoms with Gasteiger partial charge in [0.1, 0.15) is 0 Å². The van der Waals surface area contributed by atoms with Crippen LogP contribution in [0.2, 0.25) is 0 Å². The van der Waals surface area contributed by atoms with E-state index in [2.05, 4.69) is 222 Å². The maximum absolute atomic E-state index is 17.2. The van der Waals surface area contributed by atoms with Crippen molar-refractivity contribution in [2.75, 3.05) is 4.90 Å². The molecule has 2 aliphatic rings. The summed E-state index contributed by atoms with van der Waals surface area (Å²) >= 11 is 0. The summed E-state index contributed by atoms with van der Waals surface area (Å²) in [4.78, 5) is 2.31. The van der Waals surface area contributed by atoms with Gasteiger partial charge in [-0.1, -0.05) is 207 Å². The van der Waals surface area contributed by atoms with Crippen LogP contribution in [-0.4, -0.2) is 14.8 Å². The van der Waals surface area contributed by atoms with E-state index in [1.165, 1.54) is 60.1 Å². The Kier molecular flexibility index (Phi) is 10.3. The molecular weight excluding hydrogens is 837 g/mol. The lowest BCUT2D eigenvalue weighted by atomic mass is 9.34. The summed E-state index contributed by atoms with van der Waals surface area (Å²) < 4.78 is 23.7. The molecule has 3 nitrogen and oxygen atoms in total. The molecule has 320 valence electrons. The molecule has 0 amide bonds. The van der Waals surface area contributed by atoms with E-state index in [-0.39, 0.29) is 6.71 Å². The number of benzene rings is 9. The SMILES string of the molecule is Cc1cc(C)c(B(c2ccc(P3(=O)c4ccccc4[Si](c4ccccc4)(c4ccccc4)c4cc(N5c6ccccc6Oc6ccccc65)ccc43)cc2)c2c(C)cc(C)cc2C)c(C)c1. The highest BCUT2D eigenvalue weighted by Crippen LogP contribution is 2.51. The summed E-state index contributed by atoms with van der Waals surface area (Å²) in [6.45, 7) is 13.4. The molecule has 0 radical (unpaired) electrons. The van der Waals surface area contributed by atoms with Crippen LogP contribution in [-0.2, 0) is 4.57 Å². The fraction of sp³-hybridized carbons (Fsp3) is 0.100. The molecule has 66 heavy (non-hydrogen) atoms. The topological polar surface area (TPSA) is 29.5 Å². The van der Waals surface area contributed by atoms with Gasteiger partial charge in [0.05, 0.1) is 11.4 Å². The zero-order valence-electron chi connectivity index (χ0n) is 38.3. The third-order valence-corrected chi connectivity index (χ3v) is 22.6. The number of anilines is 3. The van der Waals surface area contributed by atoms with Gasteiger partial charge in [-0.25, -0.2) is 0 Å². The molecule has 11 rings (SSSR count). The smallest absolute Gasteiger partial charge is 0.242 e. The van der Waals surface area contributed by atoms with Crippen LogP contribution in [0.25, 0.3) is 0 Å². The minimum absolute atomic E-state index is 0.00479. The van der Waals surface area contributed by atoms with E-state index >= 15 is 4.57 Å². The van der Waals surface area contributed by atoms with Crippen LogP contribution < -0.4 is 62.7 Å². The van der Waals surface area contributed by atoms with Crippen molar-refractivity contribution in [2.24, 2.45) is 0 Å². The minimum Gasteiger partial charge on any atom is -0.453 e. The van der Waals surface area contributed by atoms with Crippen LogP contribution in [0.15, 0.2) is 200 Å². The Bertz CT molecular complexity index is 3220. The lowest BCUT2D eigenvalue weighted by molar-refractivity contribution is 0.477. The van der Waals surface area contributed by atoms with E-state index in [0.29, 0.717) is 0 Å². The molecule has 0 N–H and O–H groups in total. The number of fused-ring (bicyclic) bond motifs is 4. The molecule has 0 spiro atoms. The normalized spacial score (nSPS) is 15.5. The van der Waals surface area contributed by atoms with Gasteiger partial charge in [-0.2, -0.15) is 0 Å². The Morgan fingerprint density at radius 1 is 0.455 bits per heavy atom. The average Bonchev–Trinajstić information content (AvgIpc) is 3.33. The van der Waals surface area contributed by atoms with Crippen LogP contribution in [0.1, 0.15) is 33.4 Å². The number of para-hydroxylation sites is 4. The Balaban J connectivity index is 1.18. The Hall–Kier alpha value is -6.91. The Labute approximate surface area is 390 Å². The number of hydrogen-bond donors (Lipinski definition) is 0. The zero-order valence-corrected chi connectivity index (χ0v) is 40.2. The van der Waals surface area contributed by atoms with Gasteiger partial charge in [0.2, 0.25) is 6.71 Å². The van der Waals surface area contributed by atoms with Gasteiger partial charge < -0.3 is 14.2 Å². The van der Waals surface area contributed by atoms with E-state index in [9.17, 15) is 0 Å². The summed E-state index contributed by atoms with van der Waals surface area (Å²) in [5.74, 6) is 1.59. The fourth-order valence-electron chi connectivity index (χ4n) is 11.7. The second-order valence-corrected chi connectivity index (χ2v) is 24.8. The molecule has 9 aromatic rings. The molecule has 9 aromatic carbocycles. The van der Waals surface area contributed by atoms with Crippen LogP contribution >= 0.6 is 7.14 Å². The summed E-state index contributed by atoms with van der Waals surface area (Å²) in [7, 11) is -6.67. The fourth-order valence-corrected chi connectivity index (χ4v) is 21.3. The Morgan fingerprint density at radius 3 is 1.44 bits per heavy atom. The van der Waals surface area contributed by atoms with Gasteiger partial charge in [-0.3, -0.25) is 0 Å². The molecular formula is C60H51BNO2PSi. The van der Waals surface area contributed by atoms with E-state index in [1.54, 1.807) is 0 Å². The number of nitrogens with zero attached hydrogens (tertiary/aromatic N) is 1. The highest BCUT2D eigenvalue weighted by atomic mass is 31.2. The number of aryl methyl sites for hydroxylation is 6. The molecule has 1 unspecified atom stereocenters. The van der Waals surface area contributed by atoms with Crippen molar-refractivity contribution in [3.63, 3.8) is 0 Å². The van der Waals surface area contributed by atoms with E-state index in [4.69, 9.17) is 4.74 Å². The third kappa shape index (κ3) is 6.43. The first-order valence-corrected chi connectivity index (χ1v) is 26.7. The van der Waals surface area contributed by atoms with Crippen molar-refractivity contribution in [2.45, 2.75) is 41.5 Å². The first kappa shape index (κ1) is 41.8. The van der Waals surface area contributed by atoms with Crippen LogP contribution in [0.5, 0.6) is 11.5 Å². The van der Waals surface area contributed by atoms with Crippen LogP contribution in [0.3, 0.4) is 0 Å². The summed E-state index contributed by atoms with van der Waals surface area (Å²) in [6, 6.07) is 72.1. The maximum atomic E-state index is 17.2. The van der Waals surface area contributed by atoms with E-state index in [0.717, 1.165) is 54.8 Å². The van der Waals surface area contributed by atoms with E-state index < -0.39 is 15.2 Å². The van der Waals surface area contributed by atoms with Crippen LogP contribution in [0.4, 0.5) is 17.1 Å². The van der Waals surface area contributed by atoms with Gasteiger partial charge in [0, 0.05) is 21.6 Å². The van der Waals surface area contributed by atoms with Crippen molar-refractivity contribution >= 4 is 92.0 Å². The van der Waals surface area contributed by atoms with Crippen molar-refractivity contribution in [3.05, 3.63) is 234 Å². The van der Waals surface area contributed by atoms with Crippen molar-refractivity contribution in [3.8, 4) is 11.5 Å². The van der Waals surface area contributed by atoms with Crippen molar-refractivity contribution in [1.82, 2.24) is 0 Å². The van der Waals surface area contributed by atoms with E-state index in [1.807, 2.05) is 24.3 Å². The first-order valence-electron chi connectivity index (χ1n) is 23.0. The molecule has 0 aromatic heterocycles. The number of ether oxygens (including phenoxy) is 1. The molecule has 0 bridgehead atoms. The molecule has 0 saturated carbocycles. The maximum Gasteiger partial charge on any atom is 0.242 e. The number of hydrogen-bond acceptors (Lipinski definition) is 3. The average molecular weight is 888 g/mol. The Morgan fingerprint density at radius 2 is 0.909 bits per heavy atom. The largest absolute Gasteiger partial charge is 0.453 e. The monoisotopic (exact) mass is 887 g/mol. The molecule has 2 aliphatic heterocycles. The van der Waals surface area contributed by atoms with Crippen LogP contribution in [0, 0.1) is 41.5 Å². The third-order valence-electron chi connectivity index (χ3n) is 14.1. The lowest BCUT2D eigenvalue weighted by Crippen LogP contribution is -2.82. The predicted molar refractivity (Wildman–Crippen MR) is 284 cm³/mol. The molecule has 1 atom stereocenters. The molecule has 0 fully saturated rings. The van der Waals surface area contributed by atoms with Gasteiger partial charge in [-0.15, -0.1) is 0 Å². The number of rotatable bonds is 7. The molecule has 6 heteroatoms. The standard InChI is InChI=1S/C60H51BNO2PSi/c1-40-35-42(3)59(43(4)36-40)61(60-44(5)37-41(2)38-45(60)6)46-29-32-48(33-30-46)65(63)55-27-17-18-28-57(55)66(49-19-9-7-10-20-49,50-21-11-8-12-22-50)58-39-47(31-34-56(58)65)62-51-23-13-15-25-53(51)64-54-26-16-14-24-52(54)62/h7-39H,1-6H3. The minimum atomic E-state index is -3.51. The molecule has 0 aliphatic carbocycles. The second kappa shape index (κ2) is 16.2. The molecule has 2 heterocycles. The van der Waals surface area contributed by atoms with Gasteiger partial charge in [0.25, 0.3) is 0 Å². The summed E-state index contributed by atoms with van der Waals surface area (Å²) in [6.07, 6.45) is 0. The summed E-state index contributed by atoms with van der Waals surface area (Å²) in [5, 5.41) is 7.47. The lowest BCUT2D eigenvalue weighted by Gasteiger charge is -2.44. The van der Waals surface area contributed by atoms with Crippen molar-refractivity contribution < 1.29 is 9.30 Å². The first-order chi connectivity index (χ1) is 32.1. The zero-order chi connectivity index (χ0) is 45.3.